The van der Waals surface area contributed by atoms with E-state index in [1.54, 1.807) is 0 Å². The summed E-state index contributed by atoms with van der Waals surface area (Å²) in [5, 5.41) is 10.8. The number of nitrogens with one attached hydrogen (secondary N) is 1. The maximum absolute atomic E-state index is 11.4. The van der Waals surface area contributed by atoms with Crippen LogP contribution < -0.4 is 5.32 Å². The van der Waals surface area contributed by atoms with Gasteiger partial charge in [-0.2, -0.15) is 0 Å². The topological polar surface area (TPSA) is 69.6 Å². The van der Waals surface area contributed by atoms with E-state index < -0.39 is 5.97 Å². The molecule has 100 valence electrons. The minimum Gasteiger partial charge on any atom is -0.480 e. The van der Waals surface area contributed by atoms with Gasteiger partial charge in [-0.25, -0.2) is 0 Å². The molecular weight excluding hydrogens is 244 g/mol. The third-order valence-electron chi connectivity index (χ3n) is 2.65. The van der Waals surface area contributed by atoms with Crippen molar-refractivity contribution in [2.45, 2.75) is 38.6 Å². The van der Waals surface area contributed by atoms with E-state index in [4.69, 9.17) is 5.11 Å². The summed E-state index contributed by atoms with van der Waals surface area (Å²) in [5.41, 5.74) is 0. The van der Waals surface area contributed by atoms with Gasteiger partial charge in [-0.05, 0) is 25.8 Å². The fourth-order valence-electron chi connectivity index (χ4n) is 1.61. The lowest BCUT2D eigenvalue weighted by Gasteiger charge is -2.20. The predicted octanol–water partition coefficient (Wildman–Crippen LogP) is 0.874. The van der Waals surface area contributed by atoms with E-state index in [9.17, 15) is 9.59 Å². The summed E-state index contributed by atoms with van der Waals surface area (Å²) < 4.78 is 0. The number of hydrogen-bond donors (Lipinski definition) is 2. The molecular formula is C11H21ClN2O3. The van der Waals surface area contributed by atoms with Gasteiger partial charge in [0, 0.05) is 6.04 Å². The Morgan fingerprint density at radius 2 is 2.06 bits per heavy atom. The molecule has 17 heavy (non-hydrogen) atoms. The average Bonchev–Trinajstić information content (AvgIpc) is 3.05. The summed E-state index contributed by atoms with van der Waals surface area (Å²) in [6.07, 6.45) is 4.52. The highest BCUT2D eigenvalue weighted by molar-refractivity contribution is 5.85. The maximum Gasteiger partial charge on any atom is 0.322 e. The predicted molar refractivity (Wildman–Crippen MR) is 67.4 cm³/mol. The van der Waals surface area contributed by atoms with E-state index in [-0.39, 0.29) is 24.9 Å². The smallest absolute Gasteiger partial charge is 0.322 e. The molecule has 1 amide bonds. The zero-order valence-corrected chi connectivity index (χ0v) is 11.0. The van der Waals surface area contributed by atoms with Crippen molar-refractivity contribution in [2.75, 3.05) is 19.6 Å². The van der Waals surface area contributed by atoms with Gasteiger partial charge in [-0.3, -0.25) is 14.5 Å². The molecule has 2 N–H and O–H groups in total. The van der Waals surface area contributed by atoms with Gasteiger partial charge < -0.3 is 10.4 Å². The number of nitrogens with zero attached hydrogens (tertiary/aromatic N) is 1. The molecule has 1 aliphatic carbocycles. The molecule has 0 radical (unpaired) electrons. The molecule has 0 aromatic heterocycles. The molecule has 0 saturated heterocycles. The number of halogens is 1. The van der Waals surface area contributed by atoms with Gasteiger partial charge in [-0.15, -0.1) is 12.4 Å². The Kier molecular flexibility index (Phi) is 7.91. The Balaban J connectivity index is 0.00000256. The molecule has 1 aliphatic rings. The Morgan fingerprint density at radius 1 is 1.41 bits per heavy atom. The first-order valence-electron chi connectivity index (χ1n) is 5.86. The van der Waals surface area contributed by atoms with E-state index in [1.807, 2.05) is 0 Å². The molecule has 0 unspecified atom stereocenters. The van der Waals surface area contributed by atoms with Gasteiger partial charge in [0.1, 0.15) is 6.54 Å². The quantitative estimate of drug-likeness (QED) is 0.683. The Morgan fingerprint density at radius 3 is 2.53 bits per heavy atom. The van der Waals surface area contributed by atoms with Crippen molar-refractivity contribution >= 4 is 24.3 Å². The van der Waals surface area contributed by atoms with Crippen molar-refractivity contribution in [2.24, 2.45) is 0 Å². The number of carboxylic acids is 1. The van der Waals surface area contributed by atoms with Crippen LogP contribution >= 0.6 is 12.4 Å². The number of carboxylic acid groups (broad SMARTS) is 1. The van der Waals surface area contributed by atoms with Crippen LogP contribution in [0, 0.1) is 0 Å². The minimum atomic E-state index is -1.00. The van der Waals surface area contributed by atoms with E-state index >= 15 is 0 Å². The molecule has 0 aromatic carbocycles. The van der Waals surface area contributed by atoms with Crippen molar-refractivity contribution in [3.8, 4) is 0 Å². The highest BCUT2D eigenvalue weighted by Gasteiger charge is 2.29. The van der Waals surface area contributed by atoms with E-state index in [1.165, 1.54) is 0 Å². The molecule has 0 atom stereocenters. The lowest BCUT2D eigenvalue weighted by atomic mass is 10.3. The molecule has 0 bridgehead atoms. The van der Waals surface area contributed by atoms with Crippen molar-refractivity contribution in [3.05, 3.63) is 0 Å². The molecule has 0 heterocycles. The second kappa shape index (κ2) is 8.31. The number of amides is 1. The summed E-state index contributed by atoms with van der Waals surface area (Å²) in [6.45, 7) is 3.10. The lowest BCUT2D eigenvalue weighted by Crippen LogP contribution is -2.40. The Bertz CT molecular complexity index is 257. The molecule has 5 nitrogen and oxygen atoms in total. The van der Waals surface area contributed by atoms with Crippen LogP contribution in [0.25, 0.3) is 0 Å². The molecule has 0 aliphatic heterocycles. The summed E-state index contributed by atoms with van der Waals surface area (Å²) >= 11 is 0. The van der Waals surface area contributed by atoms with Crippen molar-refractivity contribution in [3.63, 3.8) is 0 Å². The average molecular weight is 265 g/mol. The Labute approximate surface area is 108 Å². The molecule has 1 fully saturated rings. The third kappa shape index (κ3) is 7.18. The normalized spacial score (nSPS) is 14.2. The van der Waals surface area contributed by atoms with Crippen LogP contribution in [0.4, 0.5) is 0 Å². The number of aliphatic carboxylic acids is 1. The van der Waals surface area contributed by atoms with E-state index in [0.29, 0.717) is 12.6 Å². The van der Waals surface area contributed by atoms with E-state index in [2.05, 4.69) is 17.1 Å². The van der Waals surface area contributed by atoms with Crippen LogP contribution in [-0.4, -0.2) is 47.6 Å². The van der Waals surface area contributed by atoms with Gasteiger partial charge in [0.15, 0.2) is 0 Å². The standard InChI is InChI=1S/C11H20N2O3.ClH/c1-2-3-6-13(9-4-5-9)8-10(14)12-7-11(15)16;/h9H,2-8H2,1H3,(H,12,14)(H,15,16);1H. The van der Waals surface area contributed by atoms with Crippen LogP contribution in [0.1, 0.15) is 32.6 Å². The van der Waals surface area contributed by atoms with Crippen LogP contribution in [-0.2, 0) is 9.59 Å². The largest absolute Gasteiger partial charge is 0.480 e. The summed E-state index contributed by atoms with van der Waals surface area (Å²) in [6, 6.07) is 0.544. The van der Waals surface area contributed by atoms with Crippen molar-refractivity contribution < 1.29 is 14.7 Å². The van der Waals surface area contributed by atoms with Crippen LogP contribution in [0.5, 0.6) is 0 Å². The monoisotopic (exact) mass is 264 g/mol. The Hall–Kier alpha value is -0.810. The molecule has 0 aromatic rings. The van der Waals surface area contributed by atoms with Crippen LogP contribution in [0.15, 0.2) is 0 Å². The fraction of sp³-hybridized carbons (Fsp3) is 0.818. The third-order valence-corrected chi connectivity index (χ3v) is 2.65. The number of carbonyl (C=O) groups is 2. The first-order valence-corrected chi connectivity index (χ1v) is 5.86. The minimum absolute atomic E-state index is 0. The first-order chi connectivity index (χ1) is 7.63. The van der Waals surface area contributed by atoms with Gasteiger partial charge in [0.25, 0.3) is 0 Å². The maximum atomic E-state index is 11.4. The molecule has 6 heteroatoms. The fourth-order valence-corrected chi connectivity index (χ4v) is 1.61. The van der Waals surface area contributed by atoms with Crippen molar-refractivity contribution in [1.82, 2.24) is 10.2 Å². The zero-order chi connectivity index (χ0) is 12.0. The second-order valence-electron chi connectivity index (χ2n) is 4.23. The van der Waals surface area contributed by atoms with Gasteiger partial charge in [0.2, 0.25) is 5.91 Å². The van der Waals surface area contributed by atoms with Crippen LogP contribution in [0.2, 0.25) is 0 Å². The highest BCUT2D eigenvalue weighted by atomic mass is 35.5. The second-order valence-corrected chi connectivity index (χ2v) is 4.23. The van der Waals surface area contributed by atoms with Gasteiger partial charge >= 0.3 is 5.97 Å². The summed E-state index contributed by atoms with van der Waals surface area (Å²) in [4.78, 5) is 23.9. The first kappa shape index (κ1) is 16.2. The molecule has 1 saturated carbocycles. The summed E-state index contributed by atoms with van der Waals surface area (Å²) in [7, 11) is 0. The SMILES string of the molecule is CCCCN(CC(=O)NCC(=O)O)C1CC1.Cl. The number of rotatable bonds is 8. The zero-order valence-electron chi connectivity index (χ0n) is 10.1. The summed E-state index contributed by atoms with van der Waals surface area (Å²) in [5.74, 6) is -1.19. The number of carbonyl (C=O) groups excluding carboxylic acids is 1. The van der Waals surface area contributed by atoms with E-state index in [0.717, 1.165) is 32.2 Å². The molecule has 0 spiro atoms. The lowest BCUT2D eigenvalue weighted by molar-refractivity contribution is -0.138. The van der Waals surface area contributed by atoms with Gasteiger partial charge in [0.05, 0.1) is 6.54 Å². The van der Waals surface area contributed by atoms with Gasteiger partial charge in [-0.1, -0.05) is 13.3 Å². The highest BCUT2D eigenvalue weighted by Crippen LogP contribution is 2.26. The number of hydrogen-bond acceptors (Lipinski definition) is 3. The van der Waals surface area contributed by atoms with Crippen LogP contribution in [0.3, 0.4) is 0 Å². The molecule has 1 rings (SSSR count). The number of unbranched alkanes of at least 4 members (excludes halogenated alkanes) is 1. The van der Waals surface area contributed by atoms with Crippen molar-refractivity contribution in [1.29, 1.82) is 0 Å².